The summed E-state index contributed by atoms with van der Waals surface area (Å²) in [6, 6.07) is -0.654. The van der Waals surface area contributed by atoms with Gasteiger partial charge in [-0.25, -0.2) is 14.5 Å². The number of rotatable bonds is 8. The number of hydrogen-bond acceptors (Lipinski definition) is 6. The van der Waals surface area contributed by atoms with Crippen LogP contribution in [-0.2, 0) is 10.2 Å². The van der Waals surface area contributed by atoms with Crippen LogP contribution < -0.4 is 15.4 Å². The number of carbonyl (C=O) groups is 2. The second-order valence-electron chi connectivity index (χ2n) is 8.62. The monoisotopic (exact) mass is 467 g/mol. The molecule has 0 aromatic carbocycles. The molecule has 2 heterocycles. The minimum absolute atomic E-state index is 0.182. The van der Waals surface area contributed by atoms with Gasteiger partial charge in [-0.2, -0.15) is 12.7 Å². The summed E-state index contributed by atoms with van der Waals surface area (Å²) in [6.45, 7) is 1.77. The average molecular weight is 468 g/mol. The van der Waals surface area contributed by atoms with Crippen molar-refractivity contribution in [3.05, 3.63) is 28.7 Å². The lowest BCUT2D eigenvalue weighted by atomic mass is 9.94. The van der Waals surface area contributed by atoms with Crippen LogP contribution in [0.25, 0.3) is 0 Å². The molecule has 170 valence electrons. The number of aromatic nitrogens is 1. The van der Waals surface area contributed by atoms with E-state index in [0.717, 1.165) is 19.3 Å². The molecule has 0 radical (unpaired) electrons. The van der Waals surface area contributed by atoms with E-state index >= 15 is 0 Å². The Morgan fingerprint density at radius 1 is 1.16 bits per heavy atom. The molecule has 1 saturated carbocycles. The van der Waals surface area contributed by atoms with Crippen LogP contribution in [0.5, 0.6) is 0 Å². The van der Waals surface area contributed by atoms with Gasteiger partial charge in [0.15, 0.2) is 0 Å². The number of urea groups is 1. The van der Waals surface area contributed by atoms with Crippen molar-refractivity contribution in [3.63, 3.8) is 0 Å². The van der Waals surface area contributed by atoms with E-state index in [-0.39, 0.29) is 5.91 Å². The zero-order chi connectivity index (χ0) is 21.8. The number of nitrogens with zero attached hydrogens (tertiary/aromatic N) is 2. The molecule has 1 aromatic rings. The first kappa shape index (κ1) is 22.2. The Morgan fingerprint density at radius 3 is 2.61 bits per heavy atom. The quantitative estimate of drug-likeness (QED) is 0.503. The van der Waals surface area contributed by atoms with Crippen LogP contribution in [0.15, 0.2) is 23.0 Å². The minimum Gasteiger partial charge on any atom is -0.351 e. The van der Waals surface area contributed by atoms with Crippen LogP contribution in [0.3, 0.4) is 0 Å². The lowest BCUT2D eigenvalue weighted by Crippen LogP contribution is -2.50. The molecule has 3 aliphatic rings. The number of fused-ring (bicyclic) bond motifs is 2. The molecular weight excluding hydrogens is 438 g/mol. The Hall–Kier alpha value is -1.98. The molecule has 3 atom stereocenters. The second-order valence-corrected chi connectivity index (χ2v) is 11.0. The minimum atomic E-state index is -3.85. The molecule has 11 heteroatoms. The van der Waals surface area contributed by atoms with Gasteiger partial charge in [0.25, 0.3) is 5.91 Å². The fourth-order valence-electron chi connectivity index (χ4n) is 4.81. The molecule has 0 unspecified atom stereocenters. The van der Waals surface area contributed by atoms with Gasteiger partial charge in [0, 0.05) is 31.6 Å². The average Bonchev–Trinajstić information content (AvgIpc) is 3.50. The summed E-state index contributed by atoms with van der Waals surface area (Å²) in [7, 11) is -3.85. The molecule has 2 fully saturated rings. The molecular formula is C20H29N5O4S2. The van der Waals surface area contributed by atoms with E-state index < -0.39 is 16.2 Å². The van der Waals surface area contributed by atoms with Gasteiger partial charge in [0.2, 0.25) is 0 Å². The maximum atomic E-state index is 12.5. The van der Waals surface area contributed by atoms with E-state index in [1.54, 1.807) is 10.9 Å². The van der Waals surface area contributed by atoms with Crippen LogP contribution in [-0.4, -0.2) is 55.8 Å². The molecule has 2 bridgehead atoms. The largest absolute Gasteiger partial charge is 0.351 e. The number of piperidine rings is 1. The summed E-state index contributed by atoms with van der Waals surface area (Å²) < 4.78 is 28.6. The second kappa shape index (κ2) is 9.66. The first-order chi connectivity index (χ1) is 14.9. The smallest absolute Gasteiger partial charge is 0.329 e. The van der Waals surface area contributed by atoms with Crippen molar-refractivity contribution in [2.24, 2.45) is 23.7 Å². The van der Waals surface area contributed by atoms with E-state index in [2.05, 4.69) is 32.5 Å². The summed E-state index contributed by atoms with van der Waals surface area (Å²) in [4.78, 5) is 28.0. The highest BCUT2D eigenvalue weighted by Crippen LogP contribution is 2.42. The summed E-state index contributed by atoms with van der Waals surface area (Å²) in [6.07, 6.45) is 8.85. The normalized spacial score (nSPS) is 26.1. The molecule has 1 saturated heterocycles. The van der Waals surface area contributed by atoms with Crippen LogP contribution in [0.4, 0.5) is 4.79 Å². The van der Waals surface area contributed by atoms with Gasteiger partial charge in [0.05, 0.1) is 5.51 Å². The Morgan fingerprint density at radius 2 is 1.97 bits per heavy atom. The lowest BCUT2D eigenvalue weighted by Gasteiger charge is -2.31. The molecule has 3 N–H and O–H groups in total. The molecule has 9 nitrogen and oxygen atoms in total. The van der Waals surface area contributed by atoms with Gasteiger partial charge in [-0.3, -0.25) is 4.79 Å². The summed E-state index contributed by atoms with van der Waals surface area (Å²) in [5.41, 5.74) is 2.04. The van der Waals surface area contributed by atoms with Gasteiger partial charge in [0.1, 0.15) is 5.69 Å². The SMILES string of the molecule is O=C(NC[C@@H]1C[C@@H]2C=C[C@@H]1C2)NS(=O)(=O)N1CCC(CCNC(=O)c2cscn2)CC1. The van der Waals surface area contributed by atoms with E-state index in [1.807, 2.05) is 0 Å². The lowest BCUT2D eigenvalue weighted by molar-refractivity contribution is 0.0945. The predicted molar refractivity (Wildman–Crippen MR) is 118 cm³/mol. The Balaban J connectivity index is 1.14. The topological polar surface area (TPSA) is 121 Å². The zero-order valence-electron chi connectivity index (χ0n) is 17.3. The number of nitrogens with one attached hydrogen (secondary N) is 3. The molecule has 2 aliphatic carbocycles. The molecule has 4 rings (SSSR count). The maximum Gasteiger partial charge on any atom is 0.329 e. The first-order valence-corrected chi connectivity index (χ1v) is 13.2. The fraction of sp³-hybridized carbons (Fsp3) is 0.650. The molecule has 1 aromatic heterocycles. The zero-order valence-corrected chi connectivity index (χ0v) is 19.0. The highest BCUT2D eigenvalue weighted by atomic mass is 32.2. The van der Waals surface area contributed by atoms with E-state index in [1.165, 1.54) is 15.6 Å². The Bertz CT molecular complexity index is 910. The number of carbonyl (C=O) groups excluding carboxylic acids is 2. The van der Waals surface area contributed by atoms with Gasteiger partial charge >= 0.3 is 16.2 Å². The van der Waals surface area contributed by atoms with Crippen LogP contribution in [0, 0.1) is 23.7 Å². The maximum absolute atomic E-state index is 12.5. The van der Waals surface area contributed by atoms with Crippen molar-refractivity contribution in [1.82, 2.24) is 24.6 Å². The Kier molecular flexibility index (Phi) is 6.92. The number of thiazole rings is 1. The number of allylic oxidation sites excluding steroid dienone is 2. The van der Waals surface area contributed by atoms with E-state index in [9.17, 15) is 18.0 Å². The van der Waals surface area contributed by atoms with E-state index in [0.29, 0.717) is 68.4 Å². The third-order valence-corrected chi connectivity index (χ3v) is 8.65. The van der Waals surface area contributed by atoms with Crippen molar-refractivity contribution in [3.8, 4) is 0 Å². The third kappa shape index (κ3) is 5.64. The predicted octanol–water partition coefficient (Wildman–Crippen LogP) is 1.73. The standard InChI is InChI=1S/C20H29N5O4S2/c26-19(18-12-30-13-23-18)21-6-3-14-4-7-25(8-5-14)31(28,29)24-20(27)22-11-17-10-15-1-2-16(17)9-15/h1-2,12-17H,3-11H2,(H,21,26)(H2,22,24,27)/t15-,16-,17+/m1/s1. The highest BCUT2D eigenvalue weighted by Gasteiger charge is 2.36. The van der Waals surface area contributed by atoms with Crippen molar-refractivity contribution in [2.45, 2.75) is 32.1 Å². The summed E-state index contributed by atoms with van der Waals surface area (Å²) >= 11 is 1.38. The number of hydrogen-bond donors (Lipinski definition) is 3. The summed E-state index contributed by atoms with van der Waals surface area (Å²) in [5, 5.41) is 7.29. The van der Waals surface area contributed by atoms with Gasteiger partial charge in [-0.15, -0.1) is 11.3 Å². The van der Waals surface area contributed by atoms with Crippen molar-refractivity contribution in [2.75, 3.05) is 26.2 Å². The fourth-order valence-corrected chi connectivity index (χ4v) is 6.47. The van der Waals surface area contributed by atoms with Crippen LogP contribution in [0.1, 0.15) is 42.6 Å². The van der Waals surface area contributed by atoms with Gasteiger partial charge in [-0.1, -0.05) is 12.2 Å². The van der Waals surface area contributed by atoms with E-state index in [4.69, 9.17) is 0 Å². The van der Waals surface area contributed by atoms with Gasteiger partial charge < -0.3 is 10.6 Å². The molecule has 0 spiro atoms. The van der Waals surface area contributed by atoms with Gasteiger partial charge in [-0.05, 0) is 55.8 Å². The van der Waals surface area contributed by atoms with Crippen LogP contribution in [0.2, 0.25) is 0 Å². The third-order valence-electron chi connectivity index (χ3n) is 6.58. The molecule has 31 heavy (non-hydrogen) atoms. The summed E-state index contributed by atoms with van der Waals surface area (Å²) in [5.74, 6) is 1.67. The van der Waals surface area contributed by atoms with Crippen LogP contribution >= 0.6 is 11.3 Å². The number of amides is 3. The first-order valence-electron chi connectivity index (χ1n) is 10.8. The Labute approximate surface area is 186 Å². The molecule has 3 amide bonds. The van der Waals surface area contributed by atoms with Crippen molar-refractivity contribution < 1.29 is 18.0 Å². The molecule has 1 aliphatic heterocycles. The van der Waals surface area contributed by atoms with Crippen molar-refractivity contribution in [1.29, 1.82) is 0 Å². The van der Waals surface area contributed by atoms with Crippen molar-refractivity contribution >= 4 is 33.5 Å². The highest BCUT2D eigenvalue weighted by molar-refractivity contribution is 7.87.